The highest BCUT2D eigenvalue weighted by Gasteiger charge is 2.50. The van der Waals surface area contributed by atoms with Crippen LogP contribution in [0.15, 0.2) is 12.2 Å². The normalized spacial score (nSPS) is 25.8. The van der Waals surface area contributed by atoms with E-state index in [-0.39, 0.29) is 5.91 Å². The SMILES string of the molecule is CCC=CCCC1CC1(C)CN(CCCC)C(C)=O. The third-order valence-electron chi connectivity index (χ3n) is 4.40. The van der Waals surface area contributed by atoms with E-state index in [0.717, 1.165) is 38.3 Å². The Balaban J connectivity index is 2.34. The number of hydrogen-bond acceptors (Lipinski definition) is 1. The van der Waals surface area contributed by atoms with Crippen molar-refractivity contribution in [3.8, 4) is 0 Å². The summed E-state index contributed by atoms with van der Waals surface area (Å²) in [7, 11) is 0. The lowest BCUT2D eigenvalue weighted by molar-refractivity contribution is -0.129. The van der Waals surface area contributed by atoms with Gasteiger partial charge in [-0.05, 0) is 43.4 Å². The summed E-state index contributed by atoms with van der Waals surface area (Å²) in [5, 5.41) is 0. The maximum absolute atomic E-state index is 11.7. The van der Waals surface area contributed by atoms with Crippen molar-refractivity contribution in [2.24, 2.45) is 11.3 Å². The summed E-state index contributed by atoms with van der Waals surface area (Å²) < 4.78 is 0. The summed E-state index contributed by atoms with van der Waals surface area (Å²) >= 11 is 0. The van der Waals surface area contributed by atoms with Gasteiger partial charge in [-0.2, -0.15) is 0 Å². The molecule has 0 radical (unpaired) electrons. The highest BCUT2D eigenvalue weighted by atomic mass is 16.2. The fraction of sp³-hybridized carbons (Fsp3) is 0.824. The first-order valence-corrected chi connectivity index (χ1v) is 7.94. The van der Waals surface area contributed by atoms with Crippen LogP contribution in [0.3, 0.4) is 0 Å². The fourth-order valence-electron chi connectivity index (χ4n) is 2.86. The van der Waals surface area contributed by atoms with Crippen molar-refractivity contribution in [3.63, 3.8) is 0 Å². The van der Waals surface area contributed by atoms with Crippen LogP contribution in [0.2, 0.25) is 0 Å². The lowest BCUT2D eigenvalue weighted by atomic mass is 10.0. The van der Waals surface area contributed by atoms with Crippen molar-refractivity contribution < 1.29 is 4.79 Å². The molecule has 0 aromatic heterocycles. The van der Waals surface area contributed by atoms with Crippen LogP contribution < -0.4 is 0 Å². The monoisotopic (exact) mass is 265 g/mol. The van der Waals surface area contributed by atoms with E-state index < -0.39 is 0 Å². The lowest BCUT2D eigenvalue weighted by Crippen LogP contribution is -2.35. The third kappa shape index (κ3) is 5.38. The van der Waals surface area contributed by atoms with Gasteiger partial charge in [0.2, 0.25) is 5.91 Å². The summed E-state index contributed by atoms with van der Waals surface area (Å²) in [5.41, 5.74) is 0.388. The zero-order valence-corrected chi connectivity index (χ0v) is 13.2. The molecule has 0 heterocycles. The minimum atomic E-state index is 0.242. The third-order valence-corrected chi connectivity index (χ3v) is 4.40. The van der Waals surface area contributed by atoms with Crippen LogP contribution in [0.25, 0.3) is 0 Å². The van der Waals surface area contributed by atoms with Gasteiger partial charge in [0, 0.05) is 20.0 Å². The van der Waals surface area contributed by atoms with Gasteiger partial charge in [-0.3, -0.25) is 4.79 Å². The van der Waals surface area contributed by atoms with Crippen LogP contribution in [-0.2, 0) is 4.79 Å². The molecule has 0 aromatic carbocycles. The Hall–Kier alpha value is -0.790. The molecule has 0 bridgehead atoms. The van der Waals surface area contributed by atoms with E-state index in [1.807, 2.05) is 0 Å². The second kappa shape index (κ2) is 7.72. The molecule has 2 nitrogen and oxygen atoms in total. The van der Waals surface area contributed by atoms with Gasteiger partial charge < -0.3 is 4.90 Å². The van der Waals surface area contributed by atoms with Crippen LogP contribution in [0, 0.1) is 11.3 Å². The lowest BCUT2D eigenvalue weighted by Gasteiger charge is -2.25. The Morgan fingerprint density at radius 1 is 1.37 bits per heavy atom. The Bertz CT molecular complexity index is 310. The molecule has 1 saturated carbocycles. The molecule has 1 rings (SSSR count). The molecule has 110 valence electrons. The molecule has 0 aromatic rings. The van der Waals surface area contributed by atoms with E-state index in [0.29, 0.717) is 5.41 Å². The van der Waals surface area contributed by atoms with E-state index in [4.69, 9.17) is 0 Å². The fourth-order valence-corrected chi connectivity index (χ4v) is 2.86. The predicted molar refractivity (Wildman–Crippen MR) is 82.0 cm³/mol. The van der Waals surface area contributed by atoms with Gasteiger partial charge in [0.25, 0.3) is 0 Å². The van der Waals surface area contributed by atoms with Crippen LogP contribution in [0.1, 0.15) is 66.2 Å². The van der Waals surface area contributed by atoms with Crippen molar-refractivity contribution >= 4 is 5.91 Å². The molecule has 1 amide bonds. The number of nitrogens with zero attached hydrogens (tertiary/aromatic N) is 1. The number of hydrogen-bond donors (Lipinski definition) is 0. The maximum atomic E-state index is 11.7. The van der Waals surface area contributed by atoms with E-state index in [9.17, 15) is 4.79 Å². The van der Waals surface area contributed by atoms with Crippen molar-refractivity contribution in [2.45, 2.75) is 66.2 Å². The van der Waals surface area contributed by atoms with Gasteiger partial charge in [-0.25, -0.2) is 0 Å². The number of amides is 1. The molecule has 0 N–H and O–H groups in total. The van der Waals surface area contributed by atoms with Crippen molar-refractivity contribution in [2.75, 3.05) is 13.1 Å². The minimum absolute atomic E-state index is 0.242. The van der Waals surface area contributed by atoms with Crippen molar-refractivity contribution in [1.29, 1.82) is 0 Å². The molecule has 2 unspecified atom stereocenters. The Labute approximate surface area is 119 Å². The van der Waals surface area contributed by atoms with Gasteiger partial charge in [-0.15, -0.1) is 0 Å². The molecule has 0 spiro atoms. The number of allylic oxidation sites excluding steroid dienone is 2. The molecule has 2 atom stereocenters. The molecule has 1 fully saturated rings. The first kappa shape index (κ1) is 16.3. The molecule has 2 heteroatoms. The van der Waals surface area contributed by atoms with E-state index in [1.165, 1.54) is 19.3 Å². The zero-order chi connectivity index (χ0) is 14.3. The molecule has 1 aliphatic rings. The zero-order valence-electron chi connectivity index (χ0n) is 13.2. The second-order valence-electron chi connectivity index (χ2n) is 6.31. The first-order valence-electron chi connectivity index (χ1n) is 7.94. The van der Waals surface area contributed by atoms with Crippen LogP contribution >= 0.6 is 0 Å². The van der Waals surface area contributed by atoms with Crippen molar-refractivity contribution in [1.82, 2.24) is 4.90 Å². The summed E-state index contributed by atoms with van der Waals surface area (Å²) in [6.45, 7) is 10.3. The average Bonchev–Trinajstić information content (AvgIpc) is 3.01. The highest BCUT2D eigenvalue weighted by molar-refractivity contribution is 5.73. The number of carbonyl (C=O) groups excluding carboxylic acids is 1. The second-order valence-corrected chi connectivity index (χ2v) is 6.31. The largest absolute Gasteiger partial charge is 0.342 e. The number of unbranched alkanes of at least 4 members (excludes halogenated alkanes) is 1. The Morgan fingerprint density at radius 2 is 2.11 bits per heavy atom. The molecular formula is C17H31NO. The summed E-state index contributed by atoms with van der Waals surface area (Å²) in [4.78, 5) is 13.7. The summed E-state index contributed by atoms with van der Waals surface area (Å²) in [6.07, 6.45) is 11.8. The number of carbonyl (C=O) groups is 1. The molecule has 1 aliphatic carbocycles. The minimum Gasteiger partial charge on any atom is -0.342 e. The van der Waals surface area contributed by atoms with Gasteiger partial charge in [0.1, 0.15) is 0 Å². The molecule has 0 saturated heterocycles. The smallest absolute Gasteiger partial charge is 0.219 e. The van der Waals surface area contributed by atoms with Gasteiger partial charge in [0.15, 0.2) is 0 Å². The Kier molecular flexibility index (Phi) is 6.60. The molecular weight excluding hydrogens is 234 g/mol. The van der Waals surface area contributed by atoms with Gasteiger partial charge in [0.05, 0.1) is 0 Å². The standard InChI is InChI=1S/C17H31NO/c1-5-7-9-10-11-16-13-17(16,4)14-18(15(3)19)12-8-6-2/h7,9,16H,5-6,8,10-14H2,1-4H3. The van der Waals surface area contributed by atoms with Crippen molar-refractivity contribution in [3.05, 3.63) is 12.2 Å². The van der Waals surface area contributed by atoms with Crippen LogP contribution in [0.5, 0.6) is 0 Å². The van der Waals surface area contributed by atoms with E-state index in [2.05, 4.69) is 37.8 Å². The van der Waals surface area contributed by atoms with Crippen LogP contribution in [0.4, 0.5) is 0 Å². The Morgan fingerprint density at radius 3 is 2.68 bits per heavy atom. The van der Waals surface area contributed by atoms with Gasteiger partial charge >= 0.3 is 0 Å². The maximum Gasteiger partial charge on any atom is 0.219 e. The predicted octanol–water partition coefficient (Wildman–Crippen LogP) is 4.41. The highest BCUT2D eigenvalue weighted by Crippen LogP contribution is 2.55. The first-order chi connectivity index (χ1) is 9.03. The topological polar surface area (TPSA) is 20.3 Å². The van der Waals surface area contributed by atoms with E-state index in [1.54, 1.807) is 6.92 Å². The van der Waals surface area contributed by atoms with E-state index >= 15 is 0 Å². The summed E-state index contributed by atoms with van der Waals surface area (Å²) in [6, 6.07) is 0. The van der Waals surface area contributed by atoms with Gasteiger partial charge in [-0.1, -0.05) is 39.3 Å². The molecule has 19 heavy (non-hydrogen) atoms. The average molecular weight is 265 g/mol. The quantitative estimate of drug-likeness (QED) is 0.566. The molecule has 0 aliphatic heterocycles. The van der Waals surface area contributed by atoms with Crippen LogP contribution in [-0.4, -0.2) is 23.9 Å². The number of rotatable bonds is 9. The summed E-state index contributed by atoms with van der Waals surface area (Å²) in [5.74, 6) is 1.06.